The molecule has 1 fully saturated rings. The highest BCUT2D eigenvalue weighted by Crippen LogP contribution is 2.37. The molecule has 2 aromatic heterocycles. The first-order valence-electron chi connectivity index (χ1n) is 7.34. The molecule has 2 atom stereocenters. The fourth-order valence-electron chi connectivity index (χ4n) is 3.27. The van der Waals surface area contributed by atoms with Crippen LogP contribution in [0.15, 0.2) is 12.4 Å². The third-order valence-corrected chi connectivity index (χ3v) is 5.60. The maximum absolute atomic E-state index is 6.12. The van der Waals surface area contributed by atoms with Crippen LogP contribution < -0.4 is 11.1 Å². The minimum Gasteiger partial charge on any atom is -0.362 e. The van der Waals surface area contributed by atoms with Crippen molar-refractivity contribution in [3.63, 3.8) is 0 Å². The number of aryl methyl sites for hydroxylation is 1. The van der Waals surface area contributed by atoms with Crippen molar-refractivity contribution in [2.45, 2.75) is 45.1 Å². The lowest BCUT2D eigenvalue weighted by atomic mass is 9.73. The molecule has 1 aliphatic carbocycles. The van der Waals surface area contributed by atoms with E-state index in [2.05, 4.69) is 35.2 Å². The molecule has 0 radical (unpaired) electrons. The predicted molar refractivity (Wildman–Crippen MR) is 85.2 cm³/mol. The van der Waals surface area contributed by atoms with Crippen molar-refractivity contribution in [2.24, 2.45) is 11.7 Å². The molecule has 0 saturated heterocycles. The van der Waals surface area contributed by atoms with Crippen LogP contribution in [0.2, 0.25) is 0 Å². The monoisotopic (exact) mass is 290 g/mol. The summed E-state index contributed by atoms with van der Waals surface area (Å²) in [4.78, 5) is 11.1. The zero-order valence-electron chi connectivity index (χ0n) is 12.1. The van der Waals surface area contributed by atoms with Gasteiger partial charge in [0.25, 0.3) is 0 Å². The van der Waals surface area contributed by atoms with E-state index in [9.17, 15) is 0 Å². The summed E-state index contributed by atoms with van der Waals surface area (Å²) in [6.45, 7) is 5.07. The van der Waals surface area contributed by atoms with Crippen molar-refractivity contribution in [1.82, 2.24) is 9.97 Å². The Morgan fingerprint density at radius 2 is 2.30 bits per heavy atom. The van der Waals surface area contributed by atoms with E-state index in [0.29, 0.717) is 12.5 Å². The summed E-state index contributed by atoms with van der Waals surface area (Å²) in [5, 5.41) is 4.81. The average Bonchev–Trinajstić information content (AvgIpc) is 2.83. The molecular weight excluding hydrogens is 268 g/mol. The van der Waals surface area contributed by atoms with Crippen molar-refractivity contribution in [3.05, 3.63) is 17.3 Å². The molecule has 2 aromatic rings. The smallest absolute Gasteiger partial charge is 0.138 e. The number of anilines is 1. The Labute approximate surface area is 123 Å². The molecule has 5 heteroatoms. The highest BCUT2D eigenvalue weighted by atomic mass is 32.1. The van der Waals surface area contributed by atoms with E-state index in [1.165, 1.54) is 24.1 Å². The van der Waals surface area contributed by atoms with E-state index in [4.69, 9.17) is 5.73 Å². The number of hydrogen-bond donors (Lipinski definition) is 2. The number of nitrogens with zero attached hydrogens (tertiary/aromatic N) is 2. The van der Waals surface area contributed by atoms with Crippen molar-refractivity contribution < 1.29 is 0 Å². The van der Waals surface area contributed by atoms with Crippen LogP contribution in [0.5, 0.6) is 0 Å². The quantitative estimate of drug-likeness (QED) is 0.910. The Morgan fingerprint density at radius 3 is 3.05 bits per heavy atom. The van der Waals surface area contributed by atoms with Gasteiger partial charge in [-0.15, -0.1) is 11.3 Å². The van der Waals surface area contributed by atoms with Crippen LogP contribution in [0.3, 0.4) is 0 Å². The lowest BCUT2D eigenvalue weighted by molar-refractivity contribution is 0.235. The standard InChI is InChI=1S/C15H22N4S/c1-10-5-3-4-6-15(10,8-16)19-13-12-7-11(2)20-14(12)18-9-17-13/h7,9-10H,3-6,8,16H2,1-2H3,(H,17,18,19). The van der Waals surface area contributed by atoms with Gasteiger partial charge in [-0.3, -0.25) is 0 Å². The van der Waals surface area contributed by atoms with E-state index >= 15 is 0 Å². The van der Waals surface area contributed by atoms with Crippen molar-refractivity contribution in [1.29, 1.82) is 0 Å². The van der Waals surface area contributed by atoms with Crippen LogP contribution in [-0.4, -0.2) is 22.1 Å². The second-order valence-electron chi connectivity index (χ2n) is 5.93. The number of nitrogens with two attached hydrogens (primary N) is 1. The van der Waals surface area contributed by atoms with E-state index in [1.54, 1.807) is 17.7 Å². The van der Waals surface area contributed by atoms with Gasteiger partial charge in [-0.2, -0.15) is 0 Å². The summed E-state index contributed by atoms with van der Waals surface area (Å²) in [5.74, 6) is 1.52. The largest absolute Gasteiger partial charge is 0.362 e. The van der Waals surface area contributed by atoms with Gasteiger partial charge in [-0.05, 0) is 31.7 Å². The molecule has 3 rings (SSSR count). The first kappa shape index (κ1) is 13.8. The summed E-state index contributed by atoms with van der Waals surface area (Å²) in [5.41, 5.74) is 6.10. The Balaban J connectivity index is 1.98. The second kappa shape index (κ2) is 5.30. The summed E-state index contributed by atoms with van der Waals surface area (Å²) in [7, 11) is 0. The number of thiophene rings is 1. The highest BCUT2D eigenvalue weighted by molar-refractivity contribution is 7.18. The average molecular weight is 290 g/mol. The van der Waals surface area contributed by atoms with Crippen LogP contribution in [0.4, 0.5) is 5.82 Å². The fraction of sp³-hybridized carbons (Fsp3) is 0.600. The van der Waals surface area contributed by atoms with Crippen molar-refractivity contribution in [3.8, 4) is 0 Å². The fourth-order valence-corrected chi connectivity index (χ4v) is 4.11. The SMILES string of the molecule is Cc1cc2c(NC3(CN)CCCCC3C)ncnc2s1. The van der Waals surface area contributed by atoms with E-state index < -0.39 is 0 Å². The molecule has 2 heterocycles. The Morgan fingerprint density at radius 1 is 1.45 bits per heavy atom. The molecule has 2 unspecified atom stereocenters. The first-order valence-corrected chi connectivity index (χ1v) is 8.16. The van der Waals surface area contributed by atoms with Gasteiger partial charge in [0.15, 0.2) is 0 Å². The Hall–Kier alpha value is -1.20. The zero-order valence-corrected chi connectivity index (χ0v) is 13.0. The van der Waals surface area contributed by atoms with Crippen molar-refractivity contribution in [2.75, 3.05) is 11.9 Å². The molecule has 20 heavy (non-hydrogen) atoms. The summed E-state index contributed by atoms with van der Waals surface area (Å²) < 4.78 is 0. The third-order valence-electron chi connectivity index (χ3n) is 4.64. The summed E-state index contributed by atoms with van der Waals surface area (Å²) >= 11 is 1.71. The number of fused-ring (bicyclic) bond motifs is 1. The van der Waals surface area contributed by atoms with Gasteiger partial charge >= 0.3 is 0 Å². The minimum atomic E-state index is -0.0185. The molecule has 0 spiro atoms. The number of aromatic nitrogens is 2. The van der Waals surface area contributed by atoms with E-state index in [-0.39, 0.29) is 5.54 Å². The predicted octanol–water partition coefficient (Wildman–Crippen LogP) is 3.32. The highest BCUT2D eigenvalue weighted by Gasteiger charge is 2.37. The van der Waals surface area contributed by atoms with Gasteiger partial charge < -0.3 is 11.1 Å². The van der Waals surface area contributed by atoms with Crippen LogP contribution in [0, 0.1) is 12.8 Å². The van der Waals surface area contributed by atoms with Gasteiger partial charge in [0, 0.05) is 11.4 Å². The second-order valence-corrected chi connectivity index (χ2v) is 7.17. The first-order chi connectivity index (χ1) is 9.64. The minimum absolute atomic E-state index is 0.0185. The van der Waals surface area contributed by atoms with Gasteiger partial charge in [-0.25, -0.2) is 9.97 Å². The molecule has 108 valence electrons. The maximum Gasteiger partial charge on any atom is 0.138 e. The molecule has 0 amide bonds. The number of rotatable bonds is 3. The molecule has 1 aliphatic rings. The molecule has 0 bridgehead atoms. The van der Waals surface area contributed by atoms with Crippen LogP contribution in [0.25, 0.3) is 10.2 Å². The topological polar surface area (TPSA) is 63.8 Å². The van der Waals surface area contributed by atoms with E-state index in [0.717, 1.165) is 22.5 Å². The lowest BCUT2D eigenvalue weighted by Gasteiger charge is -2.43. The van der Waals surface area contributed by atoms with Crippen LogP contribution in [0.1, 0.15) is 37.5 Å². The van der Waals surface area contributed by atoms with Gasteiger partial charge in [0.1, 0.15) is 17.0 Å². The normalized spacial score (nSPS) is 26.9. The molecule has 0 aliphatic heterocycles. The number of nitrogens with one attached hydrogen (secondary N) is 1. The van der Waals surface area contributed by atoms with Gasteiger partial charge in [-0.1, -0.05) is 19.8 Å². The van der Waals surface area contributed by atoms with Crippen LogP contribution >= 0.6 is 11.3 Å². The number of hydrogen-bond acceptors (Lipinski definition) is 5. The molecule has 3 N–H and O–H groups in total. The molecular formula is C15H22N4S. The van der Waals surface area contributed by atoms with Crippen molar-refractivity contribution >= 4 is 27.4 Å². The van der Waals surface area contributed by atoms with Crippen LogP contribution in [-0.2, 0) is 0 Å². The Bertz CT molecular complexity index is 609. The van der Waals surface area contributed by atoms with E-state index in [1.807, 2.05) is 0 Å². The van der Waals surface area contributed by atoms with Gasteiger partial charge in [0.2, 0.25) is 0 Å². The van der Waals surface area contributed by atoms with Gasteiger partial charge in [0.05, 0.1) is 10.9 Å². The lowest BCUT2D eigenvalue weighted by Crippen LogP contribution is -2.52. The summed E-state index contributed by atoms with van der Waals surface area (Å²) in [6.07, 6.45) is 6.56. The molecule has 0 aromatic carbocycles. The molecule has 4 nitrogen and oxygen atoms in total. The maximum atomic E-state index is 6.12. The third kappa shape index (κ3) is 2.29. The Kier molecular flexibility index (Phi) is 3.65. The zero-order chi connectivity index (χ0) is 14.2. The molecule has 1 saturated carbocycles. The summed E-state index contributed by atoms with van der Waals surface area (Å²) in [6, 6.07) is 2.17.